The summed E-state index contributed by atoms with van der Waals surface area (Å²) in [4.78, 5) is 8.12. The molecule has 1 aliphatic carbocycles. The molecule has 1 fully saturated rings. The molecule has 1 N–H and O–H groups in total. The fourth-order valence-electron chi connectivity index (χ4n) is 2.04. The minimum absolute atomic E-state index is 0.457. The topological polar surface area (TPSA) is 37.8 Å². The molecule has 2 aromatic rings. The second-order valence-electron chi connectivity index (χ2n) is 4.40. The van der Waals surface area contributed by atoms with Gasteiger partial charge in [-0.1, -0.05) is 6.07 Å². The van der Waals surface area contributed by atoms with Crippen LogP contribution in [0.4, 0.5) is 14.7 Å². The SMILES string of the molecule is Fc1ccc(C2(Nc3ncccn3)CC2)c(F)c1. The van der Waals surface area contributed by atoms with Crippen LogP contribution < -0.4 is 5.32 Å². The van der Waals surface area contributed by atoms with Crippen LogP contribution in [-0.4, -0.2) is 9.97 Å². The Bertz CT molecular complexity index is 568. The molecular weight excluding hydrogens is 236 g/mol. The lowest BCUT2D eigenvalue weighted by Crippen LogP contribution is -2.21. The first-order chi connectivity index (χ1) is 8.70. The van der Waals surface area contributed by atoms with Crippen LogP contribution in [0, 0.1) is 11.6 Å². The van der Waals surface area contributed by atoms with Gasteiger partial charge in [0.2, 0.25) is 5.95 Å². The zero-order valence-electron chi connectivity index (χ0n) is 9.53. The highest BCUT2D eigenvalue weighted by Crippen LogP contribution is 2.48. The molecular formula is C13H11F2N3. The highest BCUT2D eigenvalue weighted by Gasteiger charge is 2.46. The van der Waals surface area contributed by atoms with Crippen molar-refractivity contribution in [2.45, 2.75) is 18.4 Å². The van der Waals surface area contributed by atoms with Crippen molar-refractivity contribution in [2.75, 3.05) is 5.32 Å². The van der Waals surface area contributed by atoms with Crippen molar-refractivity contribution in [1.82, 2.24) is 9.97 Å². The summed E-state index contributed by atoms with van der Waals surface area (Å²) in [5.41, 5.74) is -0.0181. The molecule has 3 nitrogen and oxygen atoms in total. The number of aromatic nitrogens is 2. The maximum Gasteiger partial charge on any atom is 0.223 e. The number of rotatable bonds is 3. The van der Waals surface area contributed by atoms with Crippen LogP contribution in [0.1, 0.15) is 18.4 Å². The normalized spacial score (nSPS) is 16.3. The summed E-state index contributed by atoms with van der Waals surface area (Å²) in [6.07, 6.45) is 4.81. The number of hydrogen-bond acceptors (Lipinski definition) is 3. The standard InChI is InChI=1S/C13H11F2N3/c14-9-2-3-10(11(15)8-9)13(4-5-13)18-12-16-6-1-7-17-12/h1-3,6-8H,4-5H2,(H,16,17,18). The molecule has 0 bridgehead atoms. The highest BCUT2D eigenvalue weighted by atomic mass is 19.1. The summed E-state index contributed by atoms with van der Waals surface area (Å²) in [5.74, 6) is -0.641. The van der Waals surface area contributed by atoms with E-state index in [1.807, 2.05) is 0 Å². The summed E-state index contributed by atoms with van der Waals surface area (Å²) < 4.78 is 26.7. The minimum Gasteiger partial charge on any atom is -0.345 e. The van der Waals surface area contributed by atoms with E-state index in [1.54, 1.807) is 18.5 Å². The van der Waals surface area contributed by atoms with Gasteiger partial charge in [0.05, 0.1) is 5.54 Å². The van der Waals surface area contributed by atoms with E-state index < -0.39 is 17.2 Å². The molecule has 0 spiro atoms. The zero-order valence-corrected chi connectivity index (χ0v) is 9.53. The first-order valence-corrected chi connectivity index (χ1v) is 5.70. The van der Waals surface area contributed by atoms with E-state index >= 15 is 0 Å². The van der Waals surface area contributed by atoms with Crippen LogP contribution >= 0.6 is 0 Å². The van der Waals surface area contributed by atoms with Crippen LogP contribution in [0.5, 0.6) is 0 Å². The van der Waals surface area contributed by atoms with Gasteiger partial charge in [0, 0.05) is 24.0 Å². The third-order valence-electron chi connectivity index (χ3n) is 3.11. The highest BCUT2D eigenvalue weighted by molar-refractivity contribution is 5.42. The minimum atomic E-state index is -0.567. The van der Waals surface area contributed by atoms with Gasteiger partial charge in [-0.05, 0) is 25.0 Å². The number of nitrogens with one attached hydrogen (secondary N) is 1. The lowest BCUT2D eigenvalue weighted by atomic mass is 10.0. The smallest absolute Gasteiger partial charge is 0.223 e. The predicted molar refractivity (Wildman–Crippen MR) is 62.9 cm³/mol. The largest absolute Gasteiger partial charge is 0.345 e. The van der Waals surface area contributed by atoms with Gasteiger partial charge in [-0.15, -0.1) is 0 Å². The molecule has 0 saturated heterocycles. The van der Waals surface area contributed by atoms with Crippen molar-refractivity contribution in [1.29, 1.82) is 0 Å². The molecule has 0 aliphatic heterocycles. The Morgan fingerprint density at radius 2 is 1.83 bits per heavy atom. The second kappa shape index (κ2) is 4.01. The van der Waals surface area contributed by atoms with Gasteiger partial charge >= 0.3 is 0 Å². The zero-order chi connectivity index (χ0) is 12.6. The Kier molecular flexibility index (Phi) is 2.47. The Morgan fingerprint density at radius 1 is 1.11 bits per heavy atom. The van der Waals surface area contributed by atoms with Gasteiger partial charge in [-0.3, -0.25) is 0 Å². The first-order valence-electron chi connectivity index (χ1n) is 5.70. The monoisotopic (exact) mass is 247 g/mol. The summed E-state index contributed by atoms with van der Waals surface area (Å²) >= 11 is 0. The van der Waals surface area contributed by atoms with Crippen LogP contribution in [0.3, 0.4) is 0 Å². The maximum atomic E-state index is 13.8. The van der Waals surface area contributed by atoms with Crippen molar-refractivity contribution in [2.24, 2.45) is 0 Å². The van der Waals surface area contributed by atoms with Crippen LogP contribution in [0.25, 0.3) is 0 Å². The van der Waals surface area contributed by atoms with Gasteiger partial charge in [0.1, 0.15) is 11.6 Å². The van der Waals surface area contributed by atoms with Crippen molar-refractivity contribution in [3.05, 3.63) is 53.9 Å². The predicted octanol–water partition coefficient (Wildman–Crippen LogP) is 2.86. The third kappa shape index (κ3) is 1.92. The lowest BCUT2D eigenvalue weighted by molar-refractivity contribution is 0.558. The number of anilines is 1. The molecule has 0 unspecified atom stereocenters. The Balaban J connectivity index is 1.91. The van der Waals surface area contributed by atoms with Gasteiger partial charge in [-0.25, -0.2) is 18.7 Å². The summed E-state index contributed by atoms with van der Waals surface area (Å²) in [6.45, 7) is 0. The maximum absolute atomic E-state index is 13.8. The third-order valence-corrected chi connectivity index (χ3v) is 3.11. The van der Waals surface area contributed by atoms with Gasteiger partial charge in [-0.2, -0.15) is 0 Å². The number of hydrogen-bond donors (Lipinski definition) is 1. The first kappa shape index (κ1) is 11.1. The molecule has 0 atom stereocenters. The molecule has 5 heteroatoms. The van der Waals surface area contributed by atoms with E-state index in [-0.39, 0.29) is 0 Å². The average Bonchev–Trinajstić information content (AvgIpc) is 3.11. The molecule has 1 aromatic carbocycles. The molecule has 1 aromatic heterocycles. The van der Waals surface area contributed by atoms with E-state index in [0.717, 1.165) is 18.9 Å². The van der Waals surface area contributed by atoms with E-state index in [0.29, 0.717) is 11.5 Å². The summed E-state index contributed by atoms with van der Waals surface area (Å²) in [6, 6.07) is 5.37. The molecule has 3 rings (SSSR count). The van der Waals surface area contributed by atoms with Crippen LogP contribution in [-0.2, 0) is 5.54 Å². The van der Waals surface area contributed by atoms with Crippen LogP contribution in [0.15, 0.2) is 36.7 Å². The summed E-state index contributed by atoms with van der Waals surface area (Å²) in [7, 11) is 0. The van der Waals surface area contributed by atoms with Crippen molar-refractivity contribution in [3.63, 3.8) is 0 Å². The van der Waals surface area contributed by atoms with E-state index in [9.17, 15) is 8.78 Å². The molecule has 18 heavy (non-hydrogen) atoms. The average molecular weight is 247 g/mol. The second-order valence-corrected chi connectivity index (χ2v) is 4.40. The number of halogens is 2. The Morgan fingerprint density at radius 3 is 2.44 bits per heavy atom. The molecule has 1 heterocycles. The van der Waals surface area contributed by atoms with Crippen molar-refractivity contribution >= 4 is 5.95 Å². The fraction of sp³-hybridized carbons (Fsp3) is 0.231. The number of benzene rings is 1. The van der Waals surface area contributed by atoms with Crippen LogP contribution in [0.2, 0.25) is 0 Å². The van der Waals surface area contributed by atoms with E-state index in [4.69, 9.17) is 0 Å². The molecule has 1 saturated carbocycles. The molecule has 92 valence electrons. The van der Waals surface area contributed by atoms with Crippen molar-refractivity contribution in [3.8, 4) is 0 Å². The fourth-order valence-corrected chi connectivity index (χ4v) is 2.04. The number of nitrogens with zero attached hydrogens (tertiary/aromatic N) is 2. The van der Waals surface area contributed by atoms with E-state index in [2.05, 4.69) is 15.3 Å². The quantitative estimate of drug-likeness (QED) is 0.906. The molecule has 1 aliphatic rings. The lowest BCUT2D eigenvalue weighted by Gasteiger charge is -2.18. The summed E-state index contributed by atoms with van der Waals surface area (Å²) in [5, 5.41) is 3.12. The van der Waals surface area contributed by atoms with Gasteiger partial charge in [0.15, 0.2) is 0 Å². The molecule has 0 amide bonds. The van der Waals surface area contributed by atoms with Crippen molar-refractivity contribution < 1.29 is 8.78 Å². The van der Waals surface area contributed by atoms with Gasteiger partial charge < -0.3 is 5.32 Å². The Hall–Kier alpha value is -2.04. The molecule has 0 radical (unpaired) electrons. The Labute approximate surface area is 103 Å². The van der Waals surface area contributed by atoms with E-state index in [1.165, 1.54) is 12.1 Å². The van der Waals surface area contributed by atoms with Gasteiger partial charge in [0.25, 0.3) is 0 Å².